The standard InChI is InChI=1S/C23H25F3N4O7S/c1-36-21(31)13-29(38(34,35)18-4-2-3-15(7-18)23(24,25)26)11-16-8-17(12-30(16)22(32)33)37-20-10-27-19(9-28-20)14-5-6-14/h2-4,7,9-10,14,16-17H,5-6,8,11-13H2,1H3,(H,32,33)/t16-,17+/m0/s1. The van der Waals surface area contributed by atoms with E-state index < -0.39 is 64.0 Å². The number of esters is 1. The molecule has 0 unspecified atom stereocenters. The van der Waals surface area contributed by atoms with E-state index >= 15 is 0 Å². The largest absolute Gasteiger partial charge is 0.471 e. The van der Waals surface area contributed by atoms with Gasteiger partial charge >= 0.3 is 18.2 Å². The number of aromatic nitrogens is 2. The normalized spacial score (nSPS) is 20.0. The number of ether oxygens (including phenoxy) is 2. The average molecular weight is 559 g/mol. The van der Waals surface area contributed by atoms with Crippen molar-refractivity contribution >= 4 is 22.1 Å². The SMILES string of the molecule is COC(=O)CN(C[C@@H]1C[C@@H](Oc2cnc(C3CC3)cn2)CN1C(=O)O)S(=O)(=O)c1cccc(C(F)(F)F)c1. The molecule has 1 saturated heterocycles. The number of methoxy groups -OCH3 is 1. The van der Waals surface area contributed by atoms with Crippen LogP contribution in [0.3, 0.4) is 0 Å². The summed E-state index contributed by atoms with van der Waals surface area (Å²) >= 11 is 0. The fraction of sp³-hybridized carbons (Fsp3) is 0.478. The quantitative estimate of drug-likeness (QED) is 0.460. The zero-order valence-electron chi connectivity index (χ0n) is 20.2. The minimum atomic E-state index is -4.80. The Hall–Kier alpha value is -3.46. The van der Waals surface area contributed by atoms with E-state index in [0.29, 0.717) is 16.3 Å². The van der Waals surface area contributed by atoms with Gasteiger partial charge < -0.3 is 19.5 Å². The third-order valence-electron chi connectivity index (χ3n) is 6.30. The van der Waals surface area contributed by atoms with Gasteiger partial charge in [-0.15, -0.1) is 0 Å². The number of carbonyl (C=O) groups excluding carboxylic acids is 1. The van der Waals surface area contributed by atoms with Crippen molar-refractivity contribution in [2.45, 2.75) is 48.4 Å². The Labute approximate surface area is 216 Å². The molecular weight excluding hydrogens is 533 g/mol. The van der Waals surface area contributed by atoms with Crippen molar-refractivity contribution in [3.63, 3.8) is 0 Å². The van der Waals surface area contributed by atoms with E-state index in [1.807, 2.05) is 0 Å². The number of nitrogens with zero attached hydrogens (tertiary/aromatic N) is 4. The second-order valence-corrected chi connectivity index (χ2v) is 11.0. The Morgan fingerprint density at radius 2 is 1.95 bits per heavy atom. The number of sulfonamides is 1. The molecule has 2 heterocycles. The van der Waals surface area contributed by atoms with Gasteiger partial charge in [-0.3, -0.25) is 9.78 Å². The number of carboxylic acid groups (broad SMARTS) is 1. The predicted molar refractivity (Wildman–Crippen MR) is 124 cm³/mol. The second kappa shape index (κ2) is 10.7. The Morgan fingerprint density at radius 3 is 2.53 bits per heavy atom. The van der Waals surface area contributed by atoms with E-state index in [-0.39, 0.29) is 18.8 Å². The van der Waals surface area contributed by atoms with Crippen LogP contribution in [0, 0.1) is 0 Å². The molecule has 1 saturated carbocycles. The average Bonchev–Trinajstić information content (AvgIpc) is 3.64. The molecule has 2 aliphatic rings. The van der Waals surface area contributed by atoms with Crippen LogP contribution < -0.4 is 4.74 Å². The summed E-state index contributed by atoms with van der Waals surface area (Å²) in [5.74, 6) is -0.415. The molecule has 1 aromatic heterocycles. The Balaban J connectivity index is 1.55. The first-order valence-electron chi connectivity index (χ1n) is 11.6. The number of alkyl halides is 3. The van der Waals surface area contributed by atoms with Crippen LogP contribution in [0.2, 0.25) is 0 Å². The molecule has 2 atom stereocenters. The van der Waals surface area contributed by atoms with Gasteiger partial charge in [-0.05, 0) is 31.0 Å². The van der Waals surface area contributed by atoms with Crippen molar-refractivity contribution in [2.24, 2.45) is 0 Å². The van der Waals surface area contributed by atoms with Gasteiger partial charge in [0.25, 0.3) is 0 Å². The van der Waals surface area contributed by atoms with Gasteiger partial charge in [0.05, 0.1) is 48.2 Å². The van der Waals surface area contributed by atoms with Gasteiger partial charge in [-0.25, -0.2) is 18.2 Å². The highest BCUT2D eigenvalue weighted by molar-refractivity contribution is 7.89. The van der Waals surface area contributed by atoms with E-state index in [9.17, 15) is 36.3 Å². The van der Waals surface area contributed by atoms with Crippen LogP contribution in [-0.4, -0.2) is 83.6 Å². The molecule has 1 aliphatic carbocycles. The molecule has 4 rings (SSSR count). The predicted octanol–water partition coefficient (Wildman–Crippen LogP) is 2.74. The molecule has 2 aromatic rings. The van der Waals surface area contributed by atoms with E-state index in [4.69, 9.17) is 4.74 Å². The van der Waals surface area contributed by atoms with Gasteiger partial charge in [0.1, 0.15) is 12.6 Å². The monoisotopic (exact) mass is 558 g/mol. The minimum Gasteiger partial charge on any atom is -0.471 e. The van der Waals surface area contributed by atoms with Gasteiger partial charge in [0.2, 0.25) is 15.9 Å². The van der Waals surface area contributed by atoms with Crippen molar-refractivity contribution in [1.82, 2.24) is 19.2 Å². The molecule has 11 nitrogen and oxygen atoms in total. The van der Waals surface area contributed by atoms with Crippen LogP contribution in [-0.2, 0) is 25.7 Å². The number of hydrogen-bond donors (Lipinski definition) is 1. The maximum absolute atomic E-state index is 13.3. The molecule has 206 valence electrons. The Morgan fingerprint density at radius 1 is 1.21 bits per heavy atom. The van der Waals surface area contributed by atoms with E-state index in [1.54, 1.807) is 6.20 Å². The Kier molecular flexibility index (Phi) is 7.78. The maximum Gasteiger partial charge on any atom is 0.416 e. The summed E-state index contributed by atoms with van der Waals surface area (Å²) in [6.45, 7) is -1.48. The summed E-state index contributed by atoms with van der Waals surface area (Å²) < 4.78 is 77.2. The summed E-state index contributed by atoms with van der Waals surface area (Å²) in [5.41, 5.74) is -0.348. The van der Waals surface area contributed by atoms with Crippen molar-refractivity contribution in [1.29, 1.82) is 0 Å². The molecule has 0 spiro atoms. The highest BCUT2D eigenvalue weighted by Crippen LogP contribution is 2.38. The summed E-state index contributed by atoms with van der Waals surface area (Å²) in [4.78, 5) is 32.7. The van der Waals surface area contributed by atoms with Crippen molar-refractivity contribution in [2.75, 3.05) is 26.7 Å². The topological polar surface area (TPSA) is 139 Å². The van der Waals surface area contributed by atoms with Crippen LogP contribution in [0.25, 0.3) is 0 Å². The fourth-order valence-corrected chi connectivity index (χ4v) is 5.66. The van der Waals surface area contributed by atoms with Gasteiger partial charge in [0.15, 0.2) is 0 Å². The molecule has 0 bridgehead atoms. The van der Waals surface area contributed by atoms with Crippen LogP contribution in [0.15, 0.2) is 41.6 Å². The van der Waals surface area contributed by atoms with Crippen molar-refractivity contribution in [3.05, 3.63) is 47.9 Å². The number of carbonyl (C=O) groups is 2. The van der Waals surface area contributed by atoms with Crippen molar-refractivity contribution in [3.8, 4) is 5.88 Å². The lowest BCUT2D eigenvalue weighted by molar-refractivity contribution is -0.141. The van der Waals surface area contributed by atoms with Crippen LogP contribution in [0.4, 0.5) is 18.0 Å². The molecule has 1 aliphatic heterocycles. The number of benzene rings is 1. The van der Waals surface area contributed by atoms with Crippen molar-refractivity contribution < 1.29 is 45.8 Å². The summed E-state index contributed by atoms with van der Waals surface area (Å²) in [6.07, 6.45) is -1.71. The highest BCUT2D eigenvalue weighted by atomic mass is 32.2. The number of likely N-dealkylation sites (tertiary alicyclic amines) is 1. The first kappa shape index (κ1) is 27.6. The number of amides is 1. The first-order valence-corrected chi connectivity index (χ1v) is 13.0. The summed E-state index contributed by atoms with van der Waals surface area (Å²) in [7, 11) is -3.64. The molecule has 0 radical (unpaired) electrons. The number of hydrogen-bond acceptors (Lipinski definition) is 8. The van der Waals surface area contributed by atoms with E-state index in [0.717, 1.165) is 48.7 Å². The molecule has 2 fully saturated rings. The Bertz CT molecular complexity index is 1290. The third kappa shape index (κ3) is 6.32. The fourth-order valence-electron chi connectivity index (χ4n) is 4.19. The third-order valence-corrected chi connectivity index (χ3v) is 8.11. The number of rotatable bonds is 9. The number of halogens is 3. The van der Waals surface area contributed by atoms with E-state index in [1.165, 1.54) is 6.20 Å². The lowest BCUT2D eigenvalue weighted by atomic mass is 10.2. The molecule has 1 aromatic carbocycles. The maximum atomic E-state index is 13.3. The molecule has 1 N–H and O–H groups in total. The summed E-state index contributed by atoms with van der Waals surface area (Å²) in [6, 6.07) is 2.11. The van der Waals surface area contributed by atoms with Crippen LogP contribution in [0.1, 0.15) is 36.4 Å². The van der Waals surface area contributed by atoms with Crippen LogP contribution in [0.5, 0.6) is 5.88 Å². The van der Waals surface area contributed by atoms with Gasteiger partial charge in [0, 0.05) is 18.9 Å². The zero-order chi connectivity index (χ0) is 27.7. The lowest BCUT2D eigenvalue weighted by Crippen LogP contribution is -2.46. The first-order chi connectivity index (χ1) is 17.9. The minimum absolute atomic E-state index is 0.0359. The molecule has 38 heavy (non-hydrogen) atoms. The van der Waals surface area contributed by atoms with E-state index in [2.05, 4.69) is 14.7 Å². The molecule has 1 amide bonds. The summed E-state index contributed by atoms with van der Waals surface area (Å²) in [5, 5.41) is 9.72. The van der Waals surface area contributed by atoms with Crippen LogP contribution >= 0.6 is 0 Å². The van der Waals surface area contributed by atoms with Gasteiger partial charge in [-0.2, -0.15) is 17.5 Å². The lowest BCUT2D eigenvalue weighted by Gasteiger charge is -2.28. The smallest absolute Gasteiger partial charge is 0.416 e. The molecule has 15 heteroatoms. The zero-order valence-corrected chi connectivity index (χ0v) is 21.0. The second-order valence-electron chi connectivity index (χ2n) is 9.02. The van der Waals surface area contributed by atoms with Gasteiger partial charge in [-0.1, -0.05) is 6.07 Å². The highest BCUT2D eigenvalue weighted by Gasteiger charge is 2.41. The molecular formula is C23H25F3N4O7S.